The molecule has 1 heterocycles. The van der Waals surface area contributed by atoms with Crippen molar-refractivity contribution in [3.63, 3.8) is 0 Å². The van der Waals surface area contributed by atoms with Crippen LogP contribution in [0.1, 0.15) is 12.0 Å². The second-order valence-corrected chi connectivity index (χ2v) is 7.55. The van der Waals surface area contributed by atoms with Gasteiger partial charge in [-0.15, -0.1) is 10.2 Å². The van der Waals surface area contributed by atoms with E-state index >= 15 is 0 Å². The van der Waals surface area contributed by atoms with Crippen LogP contribution in [0, 0.1) is 6.92 Å². The van der Waals surface area contributed by atoms with E-state index in [2.05, 4.69) is 34.6 Å². The Hall–Kier alpha value is -2.05. The molecule has 0 fully saturated rings. The van der Waals surface area contributed by atoms with Crippen LogP contribution in [-0.2, 0) is 0 Å². The number of ether oxygens (including phenoxy) is 1. The average Bonchev–Trinajstić information content (AvgIpc) is 3.05. The molecule has 0 atom stereocenters. The number of nitrogens with zero attached hydrogens (tertiary/aromatic N) is 2. The molecule has 24 heavy (non-hydrogen) atoms. The van der Waals surface area contributed by atoms with Gasteiger partial charge < -0.3 is 10.1 Å². The first-order valence-corrected chi connectivity index (χ1v) is 9.58. The second kappa shape index (κ2) is 8.70. The third-order valence-corrected chi connectivity index (χ3v) is 5.29. The lowest BCUT2D eigenvalue weighted by atomic mass is 10.2. The summed E-state index contributed by atoms with van der Waals surface area (Å²) in [6.07, 6.45) is 0.972. The van der Waals surface area contributed by atoms with Crippen molar-refractivity contribution in [2.45, 2.75) is 17.7 Å². The summed E-state index contributed by atoms with van der Waals surface area (Å²) in [6, 6.07) is 18.1. The van der Waals surface area contributed by atoms with Gasteiger partial charge in [0.15, 0.2) is 4.34 Å². The van der Waals surface area contributed by atoms with Crippen LogP contribution in [-0.4, -0.2) is 22.6 Å². The van der Waals surface area contributed by atoms with E-state index < -0.39 is 0 Å². The Morgan fingerprint density at radius 1 is 1.04 bits per heavy atom. The highest BCUT2D eigenvalue weighted by atomic mass is 32.2. The number of benzene rings is 2. The highest BCUT2D eigenvalue weighted by Gasteiger charge is 2.05. The molecule has 0 unspecified atom stereocenters. The van der Waals surface area contributed by atoms with E-state index in [0.29, 0.717) is 6.61 Å². The Morgan fingerprint density at radius 3 is 2.62 bits per heavy atom. The quantitative estimate of drug-likeness (QED) is 0.446. The molecule has 6 heteroatoms. The van der Waals surface area contributed by atoms with Gasteiger partial charge in [-0.3, -0.25) is 0 Å². The van der Waals surface area contributed by atoms with Crippen molar-refractivity contribution in [3.8, 4) is 5.75 Å². The van der Waals surface area contributed by atoms with Gasteiger partial charge in [-0.2, -0.15) is 0 Å². The Kier molecular flexibility index (Phi) is 6.09. The zero-order chi connectivity index (χ0) is 16.6. The summed E-state index contributed by atoms with van der Waals surface area (Å²) in [5, 5.41) is 12.5. The predicted octanol–water partition coefficient (Wildman–Crippen LogP) is 5.15. The topological polar surface area (TPSA) is 47.0 Å². The van der Waals surface area contributed by atoms with Crippen molar-refractivity contribution in [1.29, 1.82) is 0 Å². The van der Waals surface area contributed by atoms with Crippen molar-refractivity contribution in [2.24, 2.45) is 0 Å². The molecule has 0 spiro atoms. The van der Waals surface area contributed by atoms with Gasteiger partial charge in [-0.1, -0.05) is 59.0 Å². The molecular formula is C18H19N3OS2. The minimum Gasteiger partial charge on any atom is -0.494 e. The van der Waals surface area contributed by atoms with Gasteiger partial charge in [0.25, 0.3) is 0 Å². The molecule has 0 aliphatic heterocycles. The molecule has 0 aliphatic rings. The molecule has 1 N–H and O–H groups in total. The van der Waals surface area contributed by atoms with Crippen molar-refractivity contribution in [2.75, 3.05) is 17.7 Å². The summed E-state index contributed by atoms with van der Waals surface area (Å²) < 4.78 is 6.66. The number of hydrogen-bond donors (Lipinski definition) is 1. The largest absolute Gasteiger partial charge is 0.494 e. The number of para-hydroxylation sites is 1. The van der Waals surface area contributed by atoms with E-state index in [9.17, 15) is 0 Å². The van der Waals surface area contributed by atoms with Gasteiger partial charge in [0, 0.05) is 11.4 Å². The van der Waals surface area contributed by atoms with Crippen LogP contribution in [0.5, 0.6) is 5.75 Å². The first-order valence-electron chi connectivity index (χ1n) is 7.77. The van der Waals surface area contributed by atoms with Crippen molar-refractivity contribution in [3.05, 3.63) is 60.2 Å². The lowest BCUT2D eigenvalue weighted by Gasteiger charge is -2.04. The smallest absolute Gasteiger partial charge is 0.210 e. The summed E-state index contributed by atoms with van der Waals surface area (Å²) in [6.45, 7) is 2.79. The van der Waals surface area contributed by atoms with Crippen LogP contribution >= 0.6 is 23.1 Å². The lowest BCUT2D eigenvalue weighted by molar-refractivity contribution is 0.318. The van der Waals surface area contributed by atoms with Crippen LogP contribution in [0.2, 0.25) is 0 Å². The van der Waals surface area contributed by atoms with E-state index in [1.807, 2.05) is 42.5 Å². The Bertz CT molecular complexity index is 744. The lowest BCUT2D eigenvalue weighted by Crippen LogP contribution is -1.98. The Morgan fingerprint density at radius 2 is 1.83 bits per heavy atom. The van der Waals surface area contributed by atoms with Crippen molar-refractivity contribution < 1.29 is 4.74 Å². The van der Waals surface area contributed by atoms with E-state index in [1.54, 1.807) is 23.1 Å². The van der Waals surface area contributed by atoms with Gasteiger partial charge >= 0.3 is 0 Å². The maximum Gasteiger partial charge on any atom is 0.210 e. The molecule has 124 valence electrons. The second-order valence-electron chi connectivity index (χ2n) is 5.23. The van der Waals surface area contributed by atoms with Gasteiger partial charge in [0.05, 0.1) is 6.61 Å². The first-order chi connectivity index (χ1) is 11.8. The van der Waals surface area contributed by atoms with Crippen LogP contribution in [0.25, 0.3) is 0 Å². The minimum atomic E-state index is 0.713. The monoisotopic (exact) mass is 357 g/mol. The SMILES string of the molecule is Cc1ccc(Nc2nnc(SCCCOc3ccccc3)s2)cc1. The summed E-state index contributed by atoms with van der Waals surface area (Å²) in [7, 11) is 0. The molecule has 0 saturated carbocycles. The molecule has 3 rings (SSSR count). The Balaban J connectivity index is 1.39. The minimum absolute atomic E-state index is 0.713. The number of nitrogens with one attached hydrogen (secondary N) is 1. The zero-order valence-electron chi connectivity index (χ0n) is 13.4. The summed E-state index contributed by atoms with van der Waals surface area (Å²) >= 11 is 3.29. The summed E-state index contributed by atoms with van der Waals surface area (Å²) in [4.78, 5) is 0. The van der Waals surface area contributed by atoms with Gasteiger partial charge in [-0.05, 0) is 37.6 Å². The number of anilines is 2. The summed E-state index contributed by atoms with van der Waals surface area (Å²) in [5.41, 5.74) is 2.27. The molecule has 0 saturated heterocycles. The molecule has 1 aromatic heterocycles. The standard InChI is InChI=1S/C18H19N3OS2/c1-14-8-10-15(11-9-14)19-17-20-21-18(24-17)23-13-5-12-22-16-6-3-2-4-7-16/h2-4,6-11H,5,12-13H2,1H3,(H,19,20). The average molecular weight is 358 g/mol. The molecule has 0 radical (unpaired) electrons. The maximum atomic E-state index is 5.68. The molecule has 4 nitrogen and oxygen atoms in total. The van der Waals surface area contributed by atoms with Crippen molar-refractivity contribution in [1.82, 2.24) is 10.2 Å². The molecule has 0 amide bonds. The number of thioether (sulfide) groups is 1. The highest BCUT2D eigenvalue weighted by Crippen LogP contribution is 2.28. The third kappa shape index (κ3) is 5.25. The third-order valence-electron chi connectivity index (χ3n) is 3.24. The molecule has 0 bridgehead atoms. The maximum absolute atomic E-state index is 5.68. The van der Waals surface area contributed by atoms with E-state index in [0.717, 1.165) is 33.1 Å². The molecule has 2 aromatic carbocycles. The van der Waals surface area contributed by atoms with E-state index in [1.165, 1.54) is 5.56 Å². The fourth-order valence-electron chi connectivity index (χ4n) is 2.00. The van der Waals surface area contributed by atoms with E-state index in [4.69, 9.17) is 4.74 Å². The predicted molar refractivity (Wildman–Crippen MR) is 102 cm³/mol. The zero-order valence-corrected chi connectivity index (χ0v) is 15.1. The first kappa shape index (κ1) is 16.8. The van der Waals surface area contributed by atoms with Gasteiger partial charge in [0.2, 0.25) is 5.13 Å². The number of aromatic nitrogens is 2. The Labute approximate surface area is 150 Å². The van der Waals surface area contributed by atoms with Crippen LogP contribution < -0.4 is 10.1 Å². The highest BCUT2D eigenvalue weighted by molar-refractivity contribution is 8.01. The normalized spacial score (nSPS) is 10.5. The molecule has 0 aliphatic carbocycles. The number of hydrogen-bond acceptors (Lipinski definition) is 6. The molecule has 3 aromatic rings. The van der Waals surface area contributed by atoms with Crippen molar-refractivity contribution >= 4 is 33.9 Å². The summed E-state index contributed by atoms with van der Waals surface area (Å²) in [5.74, 6) is 1.88. The van der Waals surface area contributed by atoms with E-state index in [-0.39, 0.29) is 0 Å². The number of aryl methyl sites for hydroxylation is 1. The van der Waals surface area contributed by atoms with Crippen LogP contribution in [0.4, 0.5) is 10.8 Å². The fourth-order valence-corrected chi connectivity index (χ4v) is 3.76. The van der Waals surface area contributed by atoms with Gasteiger partial charge in [0.1, 0.15) is 5.75 Å². The van der Waals surface area contributed by atoms with Gasteiger partial charge in [-0.25, -0.2) is 0 Å². The van der Waals surface area contributed by atoms with Crippen LogP contribution in [0.15, 0.2) is 58.9 Å². The number of rotatable bonds is 8. The van der Waals surface area contributed by atoms with Crippen LogP contribution in [0.3, 0.4) is 0 Å². The molecular weight excluding hydrogens is 338 g/mol. The fraction of sp³-hybridized carbons (Fsp3) is 0.222.